The molecule has 0 amide bonds. The van der Waals surface area contributed by atoms with E-state index in [1.165, 1.54) is 14.2 Å². The van der Waals surface area contributed by atoms with Crippen molar-refractivity contribution in [3.05, 3.63) is 0 Å². The molecular formula is C7H14O5. The summed E-state index contributed by atoms with van der Waals surface area (Å²) < 4.78 is 14.7. The first-order valence-corrected chi connectivity index (χ1v) is 3.74. The molecule has 2 N–H and O–H groups in total. The SMILES string of the molecule is CO[C@@H]1OC[C@H](O)[C@H](OC)[C@H]1O. The Morgan fingerprint density at radius 2 is 1.92 bits per heavy atom. The highest BCUT2D eigenvalue weighted by Gasteiger charge is 2.38. The minimum absolute atomic E-state index is 0.119. The van der Waals surface area contributed by atoms with Crippen LogP contribution in [0.2, 0.25) is 0 Å². The number of ether oxygens (including phenoxy) is 3. The standard InChI is InChI=1S/C7H14O5/c1-10-6-4(8)3-12-7(11-2)5(6)9/h4-9H,3H2,1-2H3/t4-,5+,6-,7+/m0/s1. The molecule has 0 aromatic rings. The number of rotatable bonds is 2. The molecule has 0 radical (unpaired) electrons. The summed E-state index contributed by atoms with van der Waals surface area (Å²) in [5.41, 5.74) is 0. The summed E-state index contributed by atoms with van der Waals surface area (Å²) in [4.78, 5) is 0. The summed E-state index contributed by atoms with van der Waals surface area (Å²) in [5, 5.41) is 18.8. The largest absolute Gasteiger partial charge is 0.388 e. The summed E-state index contributed by atoms with van der Waals surface area (Å²) >= 11 is 0. The summed E-state index contributed by atoms with van der Waals surface area (Å²) in [6, 6.07) is 0. The molecule has 5 nitrogen and oxygen atoms in total. The van der Waals surface area contributed by atoms with Crippen LogP contribution < -0.4 is 0 Å². The molecule has 0 spiro atoms. The number of hydrogen-bond donors (Lipinski definition) is 2. The molecule has 0 bridgehead atoms. The monoisotopic (exact) mass is 178 g/mol. The molecule has 1 rings (SSSR count). The van der Waals surface area contributed by atoms with Crippen LogP contribution in [0.4, 0.5) is 0 Å². The van der Waals surface area contributed by atoms with E-state index in [0.717, 1.165) is 0 Å². The maximum Gasteiger partial charge on any atom is 0.185 e. The van der Waals surface area contributed by atoms with Crippen LogP contribution >= 0.6 is 0 Å². The number of hydrogen-bond acceptors (Lipinski definition) is 5. The van der Waals surface area contributed by atoms with Gasteiger partial charge in [-0.25, -0.2) is 0 Å². The second-order valence-corrected chi connectivity index (χ2v) is 2.70. The fraction of sp³-hybridized carbons (Fsp3) is 1.00. The molecular weight excluding hydrogens is 164 g/mol. The molecule has 0 aliphatic carbocycles. The Kier molecular flexibility index (Phi) is 3.42. The van der Waals surface area contributed by atoms with Crippen LogP contribution in [0.1, 0.15) is 0 Å². The van der Waals surface area contributed by atoms with Gasteiger partial charge in [0, 0.05) is 14.2 Å². The zero-order chi connectivity index (χ0) is 9.14. The Labute approximate surface area is 70.9 Å². The maximum atomic E-state index is 9.46. The van der Waals surface area contributed by atoms with Crippen LogP contribution in [0.25, 0.3) is 0 Å². The summed E-state index contributed by atoms with van der Waals surface area (Å²) in [6.07, 6.45) is -3.08. The van der Waals surface area contributed by atoms with Crippen molar-refractivity contribution in [2.24, 2.45) is 0 Å². The third-order valence-corrected chi connectivity index (χ3v) is 1.93. The quantitative estimate of drug-likeness (QED) is 0.551. The van der Waals surface area contributed by atoms with Crippen molar-refractivity contribution in [2.45, 2.75) is 24.6 Å². The fourth-order valence-corrected chi connectivity index (χ4v) is 1.27. The second kappa shape index (κ2) is 4.15. The first-order valence-electron chi connectivity index (χ1n) is 3.74. The fourth-order valence-electron chi connectivity index (χ4n) is 1.27. The Morgan fingerprint density at radius 3 is 2.42 bits per heavy atom. The van der Waals surface area contributed by atoms with Crippen LogP contribution in [-0.4, -0.2) is 55.6 Å². The Hall–Kier alpha value is -0.200. The van der Waals surface area contributed by atoms with Crippen LogP contribution in [0.5, 0.6) is 0 Å². The lowest BCUT2D eigenvalue weighted by molar-refractivity contribution is -0.266. The van der Waals surface area contributed by atoms with Crippen molar-refractivity contribution in [1.82, 2.24) is 0 Å². The smallest absolute Gasteiger partial charge is 0.185 e. The Morgan fingerprint density at radius 1 is 1.25 bits per heavy atom. The van der Waals surface area contributed by atoms with Gasteiger partial charge in [0.25, 0.3) is 0 Å². The highest BCUT2D eigenvalue weighted by atomic mass is 16.7. The van der Waals surface area contributed by atoms with E-state index in [2.05, 4.69) is 0 Å². The molecule has 1 heterocycles. The summed E-state index contributed by atoms with van der Waals surface area (Å²) in [5.74, 6) is 0. The van der Waals surface area contributed by atoms with Crippen molar-refractivity contribution in [1.29, 1.82) is 0 Å². The van der Waals surface area contributed by atoms with E-state index in [4.69, 9.17) is 14.2 Å². The molecule has 0 aromatic carbocycles. The summed E-state index contributed by atoms with van der Waals surface area (Å²) in [7, 11) is 2.85. The van der Waals surface area contributed by atoms with E-state index in [-0.39, 0.29) is 6.61 Å². The van der Waals surface area contributed by atoms with Gasteiger partial charge in [0.2, 0.25) is 0 Å². The molecule has 0 aromatic heterocycles. The third-order valence-electron chi connectivity index (χ3n) is 1.93. The number of methoxy groups -OCH3 is 2. The predicted octanol–water partition coefficient (Wildman–Crippen LogP) is -1.27. The molecule has 1 aliphatic heterocycles. The molecule has 1 aliphatic rings. The number of aliphatic hydroxyl groups excluding tert-OH is 2. The van der Waals surface area contributed by atoms with Crippen molar-refractivity contribution in [3.8, 4) is 0 Å². The van der Waals surface area contributed by atoms with Gasteiger partial charge in [0.1, 0.15) is 18.3 Å². The zero-order valence-corrected chi connectivity index (χ0v) is 7.14. The first kappa shape index (κ1) is 9.88. The van der Waals surface area contributed by atoms with E-state index >= 15 is 0 Å². The van der Waals surface area contributed by atoms with Gasteiger partial charge in [-0.3, -0.25) is 0 Å². The lowest BCUT2D eigenvalue weighted by Gasteiger charge is -2.36. The Balaban J connectivity index is 2.56. The lowest BCUT2D eigenvalue weighted by Crippen LogP contribution is -2.54. The maximum absolute atomic E-state index is 9.46. The summed E-state index contributed by atoms with van der Waals surface area (Å²) in [6.45, 7) is 0.119. The van der Waals surface area contributed by atoms with Gasteiger partial charge in [0.05, 0.1) is 6.61 Å². The highest BCUT2D eigenvalue weighted by Crippen LogP contribution is 2.17. The van der Waals surface area contributed by atoms with Gasteiger partial charge in [-0.15, -0.1) is 0 Å². The third kappa shape index (κ3) is 1.75. The normalized spacial score (nSPS) is 43.0. The average molecular weight is 178 g/mol. The second-order valence-electron chi connectivity index (χ2n) is 2.70. The van der Waals surface area contributed by atoms with E-state index in [0.29, 0.717) is 0 Å². The molecule has 4 atom stereocenters. The Bertz CT molecular complexity index is 140. The molecule has 0 unspecified atom stereocenters. The van der Waals surface area contributed by atoms with Crippen molar-refractivity contribution in [2.75, 3.05) is 20.8 Å². The van der Waals surface area contributed by atoms with Gasteiger partial charge in [-0.1, -0.05) is 0 Å². The molecule has 1 fully saturated rings. The molecule has 5 heteroatoms. The minimum atomic E-state index is -0.941. The molecule has 0 saturated carbocycles. The van der Waals surface area contributed by atoms with Crippen molar-refractivity contribution >= 4 is 0 Å². The van der Waals surface area contributed by atoms with Gasteiger partial charge in [0.15, 0.2) is 6.29 Å². The van der Waals surface area contributed by atoms with E-state index in [1.54, 1.807) is 0 Å². The molecule has 1 saturated heterocycles. The first-order chi connectivity index (χ1) is 5.70. The number of aliphatic hydroxyl groups is 2. The topological polar surface area (TPSA) is 68.2 Å². The van der Waals surface area contributed by atoms with Crippen LogP contribution in [-0.2, 0) is 14.2 Å². The van der Waals surface area contributed by atoms with Gasteiger partial charge >= 0.3 is 0 Å². The van der Waals surface area contributed by atoms with Crippen molar-refractivity contribution < 1.29 is 24.4 Å². The van der Waals surface area contributed by atoms with Gasteiger partial charge in [-0.2, -0.15) is 0 Å². The highest BCUT2D eigenvalue weighted by molar-refractivity contribution is 4.83. The average Bonchev–Trinajstić information content (AvgIpc) is 2.06. The van der Waals surface area contributed by atoms with Crippen LogP contribution in [0.3, 0.4) is 0 Å². The van der Waals surface area contributed by atoms with E-state index in [9.17, 15) is 10.2 Å². The lowest BCUT2D eigenvalue weighted by atomic mass is 10.1. The molecule has 12 heavy (non-hydrogen) atoms. The van der Waals surface area contributed by atoms with Gasteiger partial charge in [-0.05, 0) is 0 Å². The van der Waals surface area contributed by atoms with E-state index < -0.39 is 24.6 Å². The minimum Gasteiger partial charge on any atom is -0.388 e. The van der Waals surface area contributed by atoms with E-state index in [1.807, 2.05) is 0 Å². The zero-order valence-electron chi connectivity index (χ0n) is 7.14. The van der Waals surface area contributed by atoms with Crippen LogP contribution in [0, 0.1) is 0 Å². The van der Waals surface area contributed by atoms with Crippen LogP contribution in [0.15, 0.2) is 0 Å². The van der Waals surface area contributed by atoms with Crippen molar-refractivity contribution in [3.63, 3.8) is 0 Å². The predicted molar refractivity (Wildman–Crippen MR) is 39.6 cm³/mol. The molecule has 72 valence electrons. The van der Waals surface area contributed by atoms with Gasteiger partial charge < -0.3 is 24.4 Å².